The molecule has 1 N–H and O–H groups in total. The van der Waals surface area contributed by atoms with Gasteiger partial charge in [-0.15, -0.1) is 11.3 Å². The summed E-state index contributed by atoms with van der Waals surface area (Å²) in [5.74, 6) is -1.49. The largest absolute Gasteiger partial charge is 0.465 e. The molecule has 1 amide bonds. The molecule has 8 heteroatoms. The van der Waals surface area contributed by atoms with Crippen LogP contribution in [-0.4, -0.2) is 31.6 Å². The summed E-state index contributed by atoms with van der Waals surface area (Å²) in [6, 6.07) is 10.6. The zero-order chi connectivity index (χ0) is 22.4. The maximum atomic E-state index is 12.4. The predicted octanol–water partition coefficient (Wildman–Crippen LogP) is 3.75. The maximum absolute atomic E-state index is 12.4. The van der Waals surface area contributed by atoms with Crippen molar-refractivity contribution in [2.75, 3.05) is 19.0 Å². The molecule has 0 saturated carbocycles. The Balaban J connectivity index is 1.68. The second-order valence-electron chi connectivity index (χ2n) is 7.25. The molecule has 1 aromatic heterocycles. The van der Waals surface area contributed by atoms with Crippen LogP contribution >= 0.6 is 11.3 Å². The number of hydrogen-bond donors (Lipinski definition) is 1. The van der Waals surface area contributed by atoms with Gasteiger partial charge in [0.15, 0.2) is 6.61 Å². The number of fused-ring (bicyclic) bond motifs is 1. The highest BCUT2D eigenvalue weighted by Crippen LogP contribution is 2.40. The van der Waals surface area contributed by atoms with Crippen molar-refractivity contribution >= 4 is 40.3 Å². The number of methoxy groups -OCH3 is 1. The van der Waals surface area contributed by atoms with Crippen molar-refractivity contribution in [3.8, 4) is 6.07 Å². The molecule has 0 unspecified atom stereocenters. The van der Waals surface area contributed by atoms with Gasteiger partial charge in [0.2, 0.25) is 0 Å². The molecule has 1 aliphatic rings. The molecule has 2 aromatic rings. The number of carbonyl (C=O) groups excluding carboxylic acids is 3. The molecule has 1 aromatic carbocycles. The van der Waals surface area contributed by atoms with E-state index in [-0.39, 0.29) is 5.57 Å². The van der Waals surface area contributed by atoms with Gasteiger partial charge in [-0.1, -0.05) is 37.3 Å². The maximum Gasteiger partial charge on any atom is 0.349 e. The first-order valence-electron chi connectivity index (χ1n) is 9.79. The Labute approximate surface area is 184 Å². The van der Waals surface area contributed by atoms with Gasteiger partial charge in [-0.3, -0.25) is 4.79 Å². The molecular formula is C23H22N2O5S. The fourth-order valence-corrected chi connectivity index (χ4v) is 4.80. The SMILES string of the molecule is COC(=O)c1c(NC(=O)COC(=O)/C(C#N)=C/c2ccccc2)sc2c1CC[C@H](C)C2. The number of benzene rings is 1. The van der Waals surface area contributed by atoms with E-state index >= 15 is 0 Å². The summed E-state index contributed by atoms with van der Waals surface area (Å²) in [5.41, 5.74) is 1.74. The number of ether oxygens (including phenoxy) is 2. The Hall–Kier alpha value is -3.44. The van der Waals surface area contributed by atoms with E-state index in [0.717, 1.165) is 29.7 Å². The van der Waals surface area contributed by atoms with Crippen molar-refractivity contribution in [2.24, 2.45) is 5.92 Å². The summed E-state index contributed by atoms with van der Waals surface area (Å²) < 4.78 is 9.89. The molecule has 31 heavy (non-hydrogen) atoms. The second-order valence-corrected chi connectivity index (χ2v) is 8.36. The number of nitrogens with zero attached hydrogens (tertiary/aromatic N) is 1. The van der Waals surface area contributed by atoms with Crippen LogP contribution < -0.4 is 5.32 Å². The lowest BCUT2D eigenvalue weighted by Gasteiger charge is -2.18. The zero-order valence-corrected chi connectivity index (χ0v) is 18.1. The van der Waals surface area contributed by atoms with Crippen LogP contribution in [0.1, 0.15) is 39.7 Å². The lowest BCUT2D eigenvalue weighted by Crippen LogP contribution is -2.22. The Morgan fingerprint density at radius 3 is 2.71 bits per heavy atom. The van der Waals surface area contributed by atoms with E-state index in [1.807, 2.05) is 6.07 Å². The molecule has 1 atom stereocenters. The minimum atomic E-state index is -0.894. The first-order valence-corrected chi connectivity index (χ1v) is 10.6. The summed E-state index contributed by atoms with van der Waals surface area (Å²) in [6.07, 6.45) is 3.94. The van der Waals surface area contributed by atoms with Crippen molar-refractivity contribution < 1.29 is 23.9 Å². The van der Waals surface area contributed by atoms with Crippen molar-refractivity contribution in [1.82, 2.24) is 0 Å². The third-order valence-electron chi connectivity index (χ3n) is 4.94. The fourth-order valence-electron chi connectivity index (χ4n) is 3.38. The topological polar surface area (TPSA) is 105 Å². The molecule has 1 aliphatic carbocycles. The number of nitriles is 1. The molecule has 0 aliphatic heterocycles. The highest BCUT2D eigenvalue weighted by molar-refractivity contribution is 7.17. The standard InChI is InChI=1S/C23H22N2O5S/c1-14-8-9-17-18(10-14)31-21(20(17)23(28)29-2)25-19(26)13-30-22(27)16(12-24)11-15-6-4-3-5-7-15/h3-7,11,14H,8-10,13H2,1-2H3,(H,25,26)/b16-11+/t14-/m0/s1. The monoisotopic (exact) mass is 438 g/mol. The van der Waals surface area contributed by atoms with Gasteiger partial charge in [0.25, 0.3) is 5.91 Å². The van der Waals surface area contributed by atoms with Crippen LogP contribution in [0.5, 0.6) is 0 Å². The predicted molar refractivity (Wildman–Crippen MR) is 116 cm³/mol. The van der Waals surface area contributed by atoms with E-state index in [1.54, 1.807) is 30.3 Å². The molecular weight excluding hydrogens is 416 g/mol. The van der Waals surface area contributed by atoms with Gasteiger partial charge in [0.05, 0.1) is 12.7 Å². The van der Waals surface area contributed by atoms with E-state index in [2.05, 4.69) is 12.2 Å². The Kier molecular flexibility index (Phi) is 7.21. The number of anilines is 1. The van der Waals surface area contributed by atoms with E-state index < -0.39 is 24.5 Å². The van der Waals surface area contributed by atoms with Gasteiger partial charge in [0.1, 0.15) is 16.6 Å². The van der Waals surface area contributed by atoms with Gasteiger partial charge in [-0.2, -0.15) is 5.26 Å². The fraction of sp³-hybridized carbons (Fsp3) is 0.304. The van der Waals surface area contributed by atoms with Gasteiger partial charge in [-0.25, -0.2) is 9.59 Å². The van der Waals surface area contributed by atoms with Gasteiger partial charge >= 0.3 is 11.9 Å². The lowest BCUT2D eigenvalue weighted by molar-refractivity contribution is -0.142. The van der Waals surface area contributed by atoms with Gasteiger partial charge in [-0.05, 0) is 42.4 Å². The minimum Gasteiger partial charge on any atom is -0.465 e. The number of nitrogens with one attached hydrogen (secondary N) is 1. The van der Waals surface area contributed by atoms with Gasteiger partial charge < -0.3 is 14.8 Å². The number of esters is 2. The molecule has 0 bridgehead atoms. The summed E-state index contributed by atoms with van der Waals surface area (Å²) in [4.78, 5) is 37.9. The quantitative estimate of drug-likeness (QED) is 0.418. The number of amides is 1. The molecule has 0 spiro atoms. The normalized spacial score (nSPS) is 15.4. The number of rotatable bonds is 6. The zero-order valence-electron chi connectivity index (χ0n) is 17.3. The molecule has 3 rings (SSSR count). The Morgan fingerprint density at radius 1 is 1.29 bits per heavy atom. The van der Waals surface area contributed by atoms with Crippen LogP contribution in [-0.2, 0) is 31.9 Å². The second kappa shape index (κ2) is 10.0. The van der Waals surface area contributed by atoms with E-state index in [9.17, 15) is 19.6 Å². The first kappa shape index (κ1) is 22.2. The van der Waals surface area contributed by atoms with Gasteiger partial charge in [0, 0.05) is 4.88 Å². The average Bonchev–Trinajstić information content (AvgIpc) is 3.12. The van der Waals surface area contributed by atoms with Crippen molar-refractivity contribution in [3.05, 3.63) is 57.5 Å². The summed E-state index contributed by atoms with van der Waals surface area (Å²) >= 11 is 1.35. The van der Waals surface area contributed by atoms with Crippen molar-refractivity contribution in [2.45, 2.75) is 26.2 Å². The summed E-state index contributed by atoms with van der Waals surface area (Å²) in [7, 11) is 1.30. The van der Waals surface area contributed by atoms with Crippen LogP contribution in [0.25, 0.3) is 6.08 Å². The summed E-state index contributed by atoms with van der Waals surface area (Å²) in [5, 5.41) is 12.3. The van der Waals surface area contributed by atoms with E-state index in [1.165, 1.54) is 24.5 Å². The highest BCUT2D eigenvalue weighted by atomic mass is 32.1. The van der Waals surface area contributed by atoms with Crippen LogP contribution in [0.4, 0.5) is 5.00 Å². The smallest absolute Gasteiger partial charge is 0.349 e. The molecule has 0 radical (unpaired) electrons. The molecule has 1 heterocycles. The number of carbonyl (C=O) groups is 3. The number of thiophene rings is 1. The van der Waals surface area contributed by atoms with Crippen molar-refractivity contribution in [3.63, 3.8) is 0 Å². The minimum absolute atomic E-state index is 0.213. The Bertz CT molecular complexity index is 1070. The van der Waals surface area contributed by atoms with Crippen LogP contribution in [0.3, 0.4) is 0 Å². The van der Waals surface area contributed by atoms with Crippen LogP contribution in [0.2, 0.25) is 0 Å². The lowest BCUT2D eigenvalue weighted by atomic mass is 9.88. The third kappa shape index (κ3) is 5.38. The summed E-state index contributed by atoms with van der Waals surface area (Å²) in [6.45, 7) is 1.57. The third-order valence-corrected chi connectivity index (χ3v) is 6.11. The van der Waals surface area contributed by atoms with Crippen molar-refractivity contribution in [1.29, 1.82) is 5.26 Å². The number of hydrogen-bond acceptors (Lipinski definition) is 7. The van der Waals surface area contributed by atoms with Crippen LogP contribution in [0, 0.1) is 17.2 Å². The average molecular weight is 439 g/mol. The van der Waals surface area contributed by atoms with Crippen LogP contribution in [0.15, 0.2) is 35.9 Å². The van der Waals surface area contributed by atoms with E-state index in [4.69, 9.17) is 9.47 Å². The molecule has 0 fully saturated rings. The molecule has 7 nitrogen and oxygen atoms in total. The highest BCUT2D eigenvalue weighted by Gasteiger charge is 2.29. The first-order chi connectivity index (χ1) is 14.9. The van der Waals surface area contributed by atoms with E-state index in [0.29, 0.717) is 22.0 Å². The Morgan fingerprint density at radius 2 is 2.03 bits per heavy atom. The molecule has 160 valence electrons. The molecule has 0 saturated heterocycles.